The summed E-state index contributed by atoms with van der Waals surface area (Å²) in [4.78, 5) is 0. The van der Waals surface area contributed by atoms with Crippen LogP contribution in [0, 0.1) is 0 Å². The number of rotatable bonds is 7. The summed E-state index contributed by atoms with van der Waals surface area (Å²) in [5.74, 6) is -36.4. The van der Waals surface area contributed by atoms with E-state index in [4.69, 9.17) is 0 Å². The molecule has 0 fully saturated rings. The molecule has 0 spiro atoms. The Morgan fingerprint density at radius 2 is 0.923 bits per heavy atom. The second-order valence-corrected chi connectivity index (χ2v) is 14.6. The van der Waals surface area contributed by atoms with E-state index in [0.29, 0.717) is 0 Å². The Morgan fingerprint density at radius 3 is 1.19 bits per heavy atom. The summed E-state index contributed by atoms with van der Waals surface area (Å²) < 4.78 is 167. The van der Waals surface area contributed by atoms with E-state index in [1.54, 1.807) is 0 Å². The standard InChI is InChI=1S/C11H12F13ISi/c1-26(2,3)5(25)4-6(12,13)7(14,15)8(16,17)9(18,19)10(20,21)11(22,23)24/h5H,4H2,1-3H3. The lowest BCUT2D eigenvalue weighted by Gasteiger charge is -2.40. The zero-order valence-electron chi connectivity index (χ0n) is 13.1. The summed E-state index contributed by atoms with van der Waals surface area (Å²) in [6, 6.07) is 0. The van der Waals surface area contributed by atoms with Crippen LogP contribution in [0.25, 0.3) is 0 Å². The highest BCUT2D eigenvalue weighted by Gasteiger charge is 2.90. The molecule has 0 aromatic carbocycles. The number of alkyl halides is 14. The SMILES string of the molecule is C[Si](C)(C)C(I)CC(F)(F)C(F)(F)C(F)(F)C(F)(F)C(F)(F)C(F)(F)F. The van der Waals surface area contributed by atoms with Crippen molar-refractivity contribution in [2.75, 3.05) is 0 Å². The molecule has 0 aromatic heterocycles. The molecule has 0 N–H and O–H groups in total. The maximum Gasteiger partial charge on any atom is 0.460 e. The van der Waals surface area contributed by atoms with Crippen molar-refractivity contribution in [1.82, 2.24) is 0 Å². The van der Waals surface area contributed by atoms with Crippen LogP contribution in [0.3, 0.4) is 0 Å². The van der Waals surface area contributed by atoms with E-state index in [9.17, 15) is 57.1 Å². The maximum atomic E-state index is 13.6. The molecule has 0 amide bonds. The highest BCUT2D eigenvalue weighted by molar-refractivity contribution is 14.1. The Kier molecular flexibility index (Phi) is 6.84. The number of halogens is 14. The van der Waals surface area contributed by atoms with Crippen LogP contribution < -0.4 is 0 Å². The average Bonchev–Trinajstić information content (AvgIpc) is 2.34. The Hall–Kier alpha value is 0.0369. The van der Waals surface area contributed by atoms with E-state index >= 15 is 0 Å². The van der Waals surface area contributed by atoms with Crippen molar-refractivity contribution >= 4 is 30.7 Å². The molecule has 0 heterocycles. The molecule has 158 valence electrons. The third-order valence-corrected chi connectivity index (χ3v) is 11.5. The molecule has 0 aromatic rings. The molecule has 0 aliphatic carbocycles. The summed E-state index contributed by atoms with van der Waals surface area (Å²) in [5, 5.41) is 0. The van der Waals surface area contributed by atoms with E-state index in [-0.39, 0.29) is 0 Å². The van der Waals surface area contributed by atoms with Gasteiger partial charge in [-0.15, -0.1) is 0 Å². The average molecular weight is 546 g/mol. The zero-order chi connectivity index (χ0) is 21.8. The molecule has 1 unspecified atom stereocenters. The van der Waals surface area contributed by atoms with Gasteiger partial charge < -0.3 is 0 Å². The van der Waals surface area contributed by atoms with E-state index in [0.717, 1.165) is 0 Å². The van der Waals surface area contributed by atoms with Crippen LogP contribution in [0.15, 0.2) is 0 Å². The molecule has 0 nitrogen and oxygen atoms in total. The highest BCUT2D eigenvalue weighted by atomic mass is 127. The van der Waals surface area contributed by atoms with Gasteiger partial charge in [-0.2, -0.15) is 57.1 Å². The minimum atomic E-state index is -7.83. The van der Waals surface area contributed by atoms with Gasteiger partial charge in [0, 0.05) is 9.97 Å². The van der Waals surface area contributed by atoms with Crippen LogP contribution >= 0.6 is 22.6 Å². The van der Waals surface area contributed by atoms with Gasteiger partial charge >= 0.3 is 35.8 Å². The van der Waals surface area contributed by atoms with E-state index < -0.39 is 53.8 Å². The maximum absolute atomic E-state index is 13.6. The van der Waals surface area contributed by atoms with Crippen molar-refractivity contribution in [1.29, 1.82) is 0 Å². The molecule has 0 radical (unpaired) electrons. The second kappa shape index (κ2) is 6.83. The Balaban J connectivity index is 6.17. The molecule has 0 bridgehead atoms. The summed E-state index contributed by atoms with van der Waals surface area (Å²) in [6.45, 7) is 4.01. The van der Waals surface area contributed by atoms with Crippen molar-refractivity contribution in [2.45, 2.75) is 65.4 Å². The van der Waals surface area contributed by atoms with Crippen LogP contribution in [0.5, 0.6) is 0 Å². The van der Waals surface area contributed by atoms with Crippen molar-refractivity contribution in [3.05, 3.63) is 0 Å². The van der Waals surface area contributed by atoms with Gasteiger partial charge in [0.15, 0.2) is 0 Å². The largest absolute Gasteiger partial charge is 0.460 e. The highest BCUT2D eigenvalue weighted by Crippen LogP contribution is 2.61. The minimum absolute atomic E-state index is 1.18. The molecule has 1 atom stereocenters. The van der Waals surface area contributed by atoms with Gasteiger partial charge in [0.05, 0.1) is 8.07 Å². The van der Waals surface area contributed by atoms with Crippen molar-refractivity contribution in [3.63, 3.8) is 0 Å². The van der Waals surface area contributed by atoms with Gasteiger partial charge in [-0.25, -0.2) is 0 Å². The monoisotopic (exact) mass is 546 g/mol. The summed E-state index contributed by atoms with van der Waals surface area (Å²) in [5.41, 5.74) is 0. The van der Waals surface area contributed by atoms with Crippen LogP contribution in [0.4, 0.5) is 57.1 Å². The quantitative estimate of drug-likeness (QED) is 0.143. The van der Waals surface area contributed by atoms with Crippen molar-refractivity contribution in [2.24, 2.45) is 0 Å². The first-order valence-corrected chi connectivity index (χ1v) is 11.3. The molecule has 26 heavy (non-hydrogen) atoms. The first-order chi connectivity index (χ1) is 10.9. The number of hydrogen-bond acceptors (Lipinski definition) is 0. The summed E-state index contributed by atoms with van der Waals surface area (Å²) in [7, 11) is -2.71. The first-order valence-electron chi connectivity index (χ1n) is 6.48. The smallest absolute Gasteiger partial charge is 0.200 e. The summed E-state index contributed by atoms with van der Waals surface area (Å²) >= 11 is 1.18. The third kappa shape index (κ3) is 4.06. The van der Waals surface area contributed by atoms with Crippen LogP contribution in [-0.4, -0.2) is 47.4 Å². The van der Waals surface area contributed by atoms with E-state index in [2.05, 4.69) is 0 Å². The van der Waals surface area contributed by atoms with Crippen LogP contribution in [0.2, 0.25) is 19.6 Å². The van der Waals surface area contributed by atoms with E-state index in [1.165, 1.54) is 42.2 Å². The fourth-order valence-electron chi connectivity index (χ4n) is 1.46. The molecular formula is C11H12F13ISi. The minimum Gasteiger partial charge on any atom is -0.200 e. The lowest BCUT2D eigenvalue weighted by Crippen LogP contribution is -2.70. The predicted molar refractivity (Wildman–Crippen MR) is 76.6 cm³/mol. The number of hydrogen-bond donors (Lipinski definition) is 0. The second-order valence-electron chi connectivity index (χ2n) is 6.54. The van der Waals surface area contributed by atoms with Crippen molar-refractivity contribution < 1.29 is 57.1 Å². The van der Waals surface area contributed by atoms with Crippen LogP contribution in [0.1, 0.15) is 6.42 Å². The molecular weight excluding hydrogens is 534 g/mol. The Morgan fingerprint density at radius 1 is 0.615 bits per heavy atom. The van der Waals surface area contributed by atoms with Gasteiger partial charge in [-0.1, -0.05) is 42.2 Å². The van der Waals surface area contributed by atoms with Crippen LogP contribution in [-0.2, 0) is 0 Å². The van der Waals surface area contributed by atoms with E-state index in [1.807, 2.05) is 0 Å². The van der Waals surface area contributed by atoms with Gasteiger partial charge in [0.2, 0.25) is 0 Å². The molecule has 0 saturated carbocycles. The third-order valence-electron chi connectivity index (χ3n) is 3.37. The molecule has 0 rings (SSSR count). The first kappa shape index (κ1) is 26.0. The molecule has 0 saturated heterocycles. The van der Waals surface area contributed by atoms with Gasteiger partial charge in [-0.05, 0) is 0 Å². The zero-order valence-corrected chi connectivity index (χ0v) is 16.2. The molecule has 0 aliphatic rings. The fraction of sp³-hybridized carbons (Fsp3) is 1.00. The Bertz CT molecular complexity index is 505. The van der Waals surface area contributed by atoms with Crippen molar-refractivity contribution in [3.8, 4) is 0 Å². The Labute approximate surface area is 153 Å². The predicted octanol–water partition coefficient (Wildman–Crippen LogP) is 6.80. The van der Waals surface area contributed by atoms with Gasteiger partial charge in [0.25, 0.3) is 0 Å². The fourth-order valence-corrected chi connectivity index (χ4v) is 2.88. The lowest BCUT2D eigenvalue weighted by atomic mass is 9.93. The molecule has 15 heteroatoms. The summed E-state index contributed by atoms with van der Waals surface area (Å²) in [6.07, 6.45) is -9.49. The normalized spacial score (nSPS) is 17.4. The lowest BCUT2D eigenvalue weighted by molar-refractivity contribution is -0.440. The molecule has 0 aliphatic heterocycles. The van der Waals surface area contributed by atoms with Gasteiger partial charge in [0.1, 0.15) is 0 Å². The topological polar surface area (TPSA) is 0 Å². The van der Waals surface area contributed by atoms with Gasteiger partial charge in [-0.3, -0.25) is 0 Å².